The van der Waals surface area contributed by atoms with E-state index in [4.69, 9.17) is 0 Å². The third-order valence-corrected chi connectivity index (χ3v) is 4.80. The Morgan fingerprint density at radius 2 is 1.43 bits per heavy atom. The van der Waals surface area contributed by atoms with Crippen LogP contribution in [-0.4, -0.2) is 0 Å². The largest absolute Gasteiger partial charge is 0.0991 e. The van der Waals surface area contributed by atoms with Gasteiger partial charge in [0.15, 0.2) is 0 Å². The van der Waals surface area contributed by atoms with Gasteiger partial charge in [-0.05, 0) is 35.0 Å². The Labute approximate surface area is 132 Å². The van der Waals surface area contributed by atoms with Crippen molar-refractivity contribution in [2.75, 3.05) is 0 Å². The minimum Gasteiger partial charge on any atom is -0.0991 e. The first-order valence-electron chi connectivity index (χ1n) is 7.73. The Morgan fingerprint density at radius 3 is 1.76 bits per heavy atom. The summed E-state index contributed by atoms with van der Waals surface area (Å²) < 4.78 is 0. The summed E-state index contributed by atoms with van der Waals surface area (Å²) in [5.41, 5.74) is 3.46. The average molecular weight is 284 g/mol. The molecule has 0 saturated heterocycles. The van der Waals surface area contributed by atoms with Gasteiger partial charge in [-0.15, -0.1) is 0 Å². The van der Waals surface area contributed by atoms with Gasteiger partial charge in [0.2, 0.25) is 0 Å². The third kappa shape index (κ3) is 4.46. The molecule has 0 aliphatic rings. The van der Waals surface area contributed by atoms with Crippen molar-refractivity contribution in [1.82, 2.24) is 0 Å². The van der Waals surface area contributed by atoms with E-state index >= 15 is 0 Å². The second kappa shape index (κ2) is 8.02. The number of allylic oxidation sites excluding steroid dienone is 8. The third-order valence-electron chi connectivity index (χ3n) is 4.80. The molecule has 1 unspecified atom stereocenters. The maximum absolute atomic E-state index is 4.27. The summed E-state index contributed by atoms with van der Waals surface area (Å²) in [7, 11) is 0. The van der Waals surface area contributed by atoms with Gasteiger partial charge in [-0.1, -0.05) is 91.3 Å². The van der Waals surface area contributed by atoms with E-state index < -0.39 is 0 Å². The molecule has 0 aliphatic carbocycles. The number of hydrogen-bond donors (Lipinski definition) is 0. The molecular formula is C21H32. The Hall–Kier alpha value is -1.56. The fraction of sp³-hybridized carbons (Fsp3) is 0.429. The summed E-state index contributed by atoms with van der Waals surface area (Å²) in [5, 5.41) is 0. The molecule has 0 aliphatic heterocycles. The topological polar surface area (TPSA) is 0 Å². The second-order valence-electron chi connectivity index (χ2n) is 6.31. The molecular weight excluding hydrogens is 252 g/mol. The standard InChI is InChI=1S/C21H32/c1-10-15-18(11-2)21(9,14-5)19(12-3)16-17(6)20(7,8)13-4/h10-12,15-16H,1-3,6,13-14H2,4-5,7-9H3/b18-15+,19-16+. The molecule has 116 valence electrons. The van der Waals surface area contributed by atoms with Crippen LogP contribution in [0.25, 0.3) is 0 Å². The number of rotatable bonds is 9. The van der Waals surface area contributed by atoms with Gasteiger partial charge in [0.1, 0.15) is 0 Å². The highest BCUT2D eigenvalue weighted by Gasteiger charge is 2.29. The minimum absolute atomic E-state index is 0.0966. The maximum Gasteiger partial charge on any atom is 0.0171 e. The lowest BCUT2D eigenvalue weighted by atomic mass is 9.71. The van der Waals surface area contributed by atoms with Crippen molar-refractivity contribution in [3.05, 3.63) is 73.4 Å². The molecule has 0 heterocycles. The van der Waals surface area contributed by atoms with E-state index in [1.165, 1.54) is 5.57 Å². The van der Waals surface area contributed by atoms with Crippen LogP contribution in [0.1, 0.15) is 47.5 Å². The molecule has 21 heavy (non-hydrogen) atoms. The van der Waals surface area contributed by atoms with E-state index in [0.717, 1.165) is 24.0 Å². The van der Waals surface area contributed by atoms with Crippen molar-refractivity contribution in [3.63, 3.8) is 0 Å². The van der Waals surface area contributed by atoms with Gasteiger partial charge in [-0.2, -0.15) is 0 Å². The summed E-state index contributed by atoms with van der Waals surface area (Å²) in [5.74, 6) is 0. The summed E-state index contributed by atoms with van der Waals surface area (Å²) in [6, 6.07) is 0. The van der Waals surface area contributed by atoms with Crippen molar-refractivity contribution in [2.45, 2.75) is 47.5 Å². The molecule has 0 aromatic rings. The zero-order valence-electron chi connectivity index (χ0n) is 14.6. The monoisotopic (exact) mass is 284 g/mol. The molecule has 0 N–H and O–H groups in total. The van der Waals surface area contributed by atoms with Crippen molar-refractivity contribution >= 4 is 0 Å². The van der Waals surface area contributed by atoms with E-state index in [1.54, 1.807) is 0 Å². The first-order valence-corrected chi connectivity index (χ1v) is 7.73. The van der Waals surface area contributed by atoms with E-state index in [9.17, 15) is 0 Å². The lowest BCUT2D eigenvalue weighted by Gasteiger charge is -2.33. The van der Waals surface area contributed by atoms with Crippen LogP contribution in [0.3, 0.4) is 0 Å². The maximum atomic E-state index is 4.27. The van der Waals surface area contributed by atoms with Gasteiger partial charge >= 0.3 is 0 Å². The normalized spacial score (nSPS) is 16.0. The Morgan fingerprint density at radius 1 is 0.905 bits per heavy atom. The van der Waals surface area contributed by atoms with Crippen LogP contribution in [0.5, 0.6) is 0 Å². The van der Waals surface area contributed by atoms with Gasteiger partial charge in [0, 0.05) is 5.41 Å². The van der Waals surface area contributed by atoms with Crippen molar-refractivity contribution < 1.29 is 0 Å². The molecule has 0 aromatic heterocycles. The fourth-order valence-corrected chi connectivity index (χ4v) is 2.23. The van der Waals surface area contributed by atoms with Gasteiger partial charge in [0.05, 0.1) is 0 Å². The first kappa shape index (κ1) is 19.4. The quantitative estimate of drug-likeness (QED) is 0.408. The molecule has 0 rings (SSSR count). The van der Waals surface area contributed by atoms with E-state index in [1.807, 2.05) is 24.3 Å². The van der Waals surface area contributed by atoms with Crippen LogP contribution < -0.4 is 0 Å². The highest BCUT2D eigenvalue weighted by molar-refractivity contribution is 5.44. The molecule has 0 bridgehead atoms. The van der Waals surface area contributed by atoms with Crippen LogP contribution >= 0.6 is 0 Å². The molecule has 0 fully saturated rings. The SMILES string of the molecule is C=C/C=C(\C=C)C(C)(CC)/C(C=C)=C/C(=C)C(C)(C)CC. The Bertz CT molecular complexity index is 468. The molecule has 0 heteroatoms. The summed E-state index contributed by atoms with van der Waals surface area (Å²) in [4.78, 5) is 0. The molecule has 1 atom stereocenters. The smallest absolute Gasteiger partial charge is 0.0171 e. The average Bonchev–Trinajstić information content (AvgIpc) is 2.48. The van der Waals surface area contributed by atoms with Crippen LogP contribution in [-0.2, 0) is 0 Å². The lowest BCUT2D eigenvalue weighted by molar-refractivity contribution is 0.436. The van der Waals surface area contributed by atoms with Gasteiger partial charge < -0.3 is 0 Å². The van der Waals surface area contributed by atoms with Crippen molar-refractivity contribution in [2.24, 2.45) is 10.8 Å². The highest BCUT2D eigenvalue weighted by atomic mass is 14.3. The summed E-state index contributed by atoms with van der Waals surface area (Å²) in [6.45, 7) is 27.1. The second-order valence-corrected chi connectivity index (χ2v) is 6.31. The fourth-order valence-electron chi connectivity index (χ4n) is 2.23. The first-order chi connectivity index (χ1) is 9.73. The predicted octanol–water partition coefficient (Wildman–Crippen LogP) is 6.81. The molecule has 0 aromatic carbocycles. The lowest BCUT2D eigenvalue weighted by Crippen LogP contribution is -2.21. The zero-order chi connectivity index (χ0) is 16.7. The van der Waals surface area contributed by atoms with Gasteiger partial charge in [-0.3, -0.25) is 0 Å². The minimum atomic E-state index is -0.121. The van der Waals surface area contributed by atoms with Crippen molar-refractivity contribution in [3.8, 4) is 0 Å². The highest BCUT2D eigenvalue weighted by Crippen LogP contribution is 2.42. The van der Waals surface area contributed by atoms with Crippen LogP contribution in [0.2, 0.25) is 0 Å². The summed E-state index contributed by atoms with van der Waals surface area (Å²) in [6.07, 6.45) is 11.9. The van der Waals surface area contributed by atoms with E-state index in [-0.39, 0.29) is 10.8 Å². The zero-order valence-corrected chi connectivity index (χ0v) is 14.6. The predicted molar refractivity (Wildman–Crippen MR) is 98.4 cm³/mol. The van der Waals surface area contributed by atoms with Gasteiger partial charge in [0.25, 0.3) is 0 Å². The Balaban J connectivity index is 5.95. The molecule has 0 radical (unpaired) electrons. The van der Waals surface area contributed by atoms with E-state index in [2.05, 4.69) is 67.0 Å². The Kier molecular flexibility index (Phi) is 7.43. The molecule has 0 spiro atoms. The van der Waals surface area contributed by atoms with Gasteiger partial charge in [-0.25, -0.2) is 0 Å². The molecule has 0 nitrogen and oxygen atoms in total. The molecule has 0 amide bonds. The number of hydrogen-bond acceptors (Lipinski definition) is 0. The molecule has 0 saturated carbocycles. The van der Waals surface area contributed by atoms with Crippen LogP contribution in [0.4, 0.5) is 0 Å². The van der Waals surface area contributed by atoms with Crippen LogP contribution in [0.15, 0.2) is 73.4 Å². The van der Waals surface area contributed by atoms with Crippen LogP contribution in [0, 0.1) is 10.8 Å². The van der Waals surface area contributed by atoms with E-state index in [0.29, 0.717) is 0 Å². The van der Waals surface area contributed by atoms with Crippen molar-refractivity contribution in [1.29, 1.82) is 0 Å². The summed E-state index contributed by atoms with van der Waals surface area (Å²) >= 11 is 0.